The van der Waals surface area contributed by atoms with Gasteiger partial charge in [-0.25, -0.2) is 0 Å². The summed E-state index contributed by atoms with van der Waals surface area (Å²) in [5.41, 5.74) is 9.30. The molecular formula is C21H24N6O3. The predicted molar refractivity (Wildman–Crippen MR) is 112 cm³/mol. The van der Waals surface area contributed by atoms with Crippen LogP contribution >= 0.6 is 0 Å². The Kier molecular flexibility index (Phi) is 6.01. The van der Waals surface area contributed by atoms with Gasteiger partial charge in [-0.1, -0.05) is 6.07 Å². The van der Waals surface area contributed by atoms with Crippen LogP contribution in [0.2, 0.25) is 0 Å². The molecule has 2 aromatic heterocycles. The Hall–Kier alpha value is -3.30. The minimum atomic E-state index is 0.117. The highest BCUT2D eigenvalue weighted by atomic mass is 16.7. The molecule has 3 heterocycles. The maximum absolute atomic E-state index is 6.00. The molecule has 1 aliphatic heterocycles. The van der Waals surface area contributed by atoms with Crippen molar-refractivity contribution in [2.45, 2.75) is 12.5 Å². The number of hydrogen-bond donors (Lipinski definition) is 1. The molecule has 0 saturated carbocycles. The molecule has 3 aromatic rings. The van der Waals surface area contributed by atoms with E-state index in [-0.39, 0.29) is 12.8 Å². The molecule has 2 N–H and O–H groups in total. The fraction of sp³-hybridized carbons (Fsp3) is 0.333. The Morgan fingerprint density at radius 1 is 1.07 bits per heavy atom. The van der Waals surface area contributed by atoms with E-state index in [9.17, 15) is 0 Å². The molecule has 30 heavy (non-hydrogen) atoms. The average molecular weight is 408 g/mol. The van der Waals surface area contributed by atoms with Crippen LogP contribution in [0.15, 0.2) is 42.6 Å². The number of hydrogen-bond acceptors (Lipinski definition) is 9. The molecule has 9 nitrogen and oxygen atoms in total. The van der Waals surface area contributed by atoms with Gasteiger partial charge >= 0.3 is 0 Å². The van der Waals surface area contributed by atoms with Crippen LogP contribution in [0, 0.1) is 0 Å². The molecule has 4 rings (SSSR count). The zero-order valence-electron chi connectivity index (χ0n) is 17.0. The average Bonchev–Trinajstić information content (AvgIpc) is 3.24. The maximum atomic E-state index is 6.00. The van der Waals surface area contributed by atoms with Crippen molar-refractivity contribution >= 4 is 5.82 Å². The molecule has 0 aliphatic carbocycles. The van der Waals surface area contributed by atoms with E-state index in [1.807, 2.05) is 36.4 Å². The standard InChI is InChI=1S/C21H24N6O3/c1-28-13-30-19-9-14(15-10-21(29-2)26-23-11-15)3-4-17(19)18-5-6-20(25-24-18)27-8-7-16(22)12-27/h3-6,9-11,16H,7-8,12-13,22H2,1-2H3. The topological polar surface area (TPSA) is 109 Å². The van der Waals surface area contributed by atoms with E-state index in [0.29, 0.717) is 17.3 Å². The van der Waals surface area contributed by atoms with Gasteiger partial charge in [0.25, 0.3) is 0 Å². The zero-order chi connectivity index (χ0) is 20.9. The van der Waals surface area contributed by atoms with E-state index >= 15 is 0 Å². The van der Waals surface area contributed by atoms with Crippen LogP contribution in [0.5, 0.6) is 11.6 Å². The number of nitrogens with two attached hydrogens (primary N) is 1. The summed E-state index contributed by atoms with van der Waals surface area (Å²) in [4.78, 5) is 2.15. The van der Waals surface area contributed by atoms with E-state index in [4.69, 9.17) is 19.9 Å². The number of ether oxygens (including phenoxy) is 3. The van der Waals surface area contributed by atoms with Crippen LogP contribution in [0.25, 0.3) is 22.4 Å². The van der Waals surface area contributed by atoms with Crippen LogP contribution < -0.4 is 20.1 Å². The smallest absolute Gasteiger partial charge is 0.233 e. The van der Waals surface area contributed by atoms with Gasteiger partial charge in [-0.05, 0) is 36.2 Å². The lowest BCUT2D eigenvalue weighted by Gasteiger charge is -2.17. The number of rotatable bonds is 7. The monoisotopic (exact) mass is 408 g/mol. The van der Waals surface area contributed by atoms with Crippen molar-refractivity contribution in [2.75, 3.05) is 39.0 Å². The summed E-state index contributed by atoms with van der Waals surface area (Å²) in [6, 6.07) is 11.7. The van der Waals surface area contributed by atoms with E-state index in [2.05, 4.69) is 25.3 Å². The van der Waals surface area contributed by atoms with E-state index in [1.54, 1.807) is 20.4 Å². The molecule has 0 radical (unpaired) electrons. The second-order valence-electron chi connectivity index (χ2n) is 7.02. The summed E-state index contributed by atoms with van der Waals surface area (Å²) in [7, 11) is 3.14. The Labute approximate surface area is 174 Å². The lowest BCUT2D eigenvalue weighted by Crippen LogP contribution is -2.27. The molecule has 156 valence electrons. The van der Waals surface area contributed by atoms with Gasteiger partial charge < -0.3 is 24.8 Å². The third-order valence-corrected chi connectivity index (χ3v) is 4.96. The lowest BCUT2D eigenvalue weighted by atomic mass is 10.0. The fourth-order valence-electron chi connectivity index (χ4n) is 3.39. The molecule has 1 saturated heterocycles. The van der Waals surface area contributed by atoms with Crippen LogP contribution in [0.3, 0.4) is 0 Å². The van der Waals surface area contributed by atoms with E-state index in [0.717, 1.165) is 42.0 Å². The van der Waals surface area contributed by atoms with Gasteiger partial charge in [-0.3, -0.25) is 0 Å². The van der Waals surface area contributed by atoms with Crippen LogP contribution in [-0.2, 0) is 4.74 Å². The summed E-state index contributed by atoms with van der Waals surface area (Å²) in [6.45, 7) is 1.81. The van der Waals surface area contributed by atoms with Gasteiger partial charge in [-0.15, -0.1) is 15.3 Å². The zero-order valence-corrected chi connectivity index (χ0v) is 17.0. The van der Waals surface area contributed by atoms with Gasteiger partial charge in [0.2, 0.25) is 5.88 Å². The molecule has 1 fully saturated rings. The summed E-state index contributed by atoms with van der Waals surface area (Å²) < 4.78 is 16.1. The van der Waals surface area contributed by atoms with Gasteiger partial charge in [0.15, 0.2) is 12.6 Å². The van der Waals surface area contributed by atoms with Crippen molar-refractivity contribution in [3.05, 3.63) is 42.6 Å². The Bertz CT molecular complexity index is 998. The van der Waals surface area contributed by atoms with Crippen molar-refractivity contribution in [2.24, 2.45) is 5.73 Å². The number of nitrogens with zero attached hydrogens (tertiary/aromatic N) is 5. The summed E-state index contributed by atoms with van der Waals surface area (Å²) in [5.74, 6) is 1.91. The van der Waals surface area contributed by atoms with E-state index < -0.39 is 0 Å². The first-order chi connectivity index (χ1) is 14.7. The molecular weight excluding hydrogens is 384 g/mol. The summed E-state index contributed by atoms with van der Waals surface area (Å²) in [6.07, 6.45) is 2.64. The van der Waals surface area contributed by atoms with Crippen LogP contribution in [0.1, 0.15) is 6.42 Å². The van der Waals surface area contributed by atoms with Crippen molar-refractivity contribution in [3.8, 4) is 34.0 Å². The first-order valence-corrected chi connectivity index (χ1v) is 9.65. The Balaban J connectivity index is 1.65. The van der Waals surface area contributed by atoms with Crippen LogP contribution in [-0.4, -0.2) is 60.5 Å². The molecule has 1 unspecified atom stereocenters. The van der Waals surface area contributed by atoms with Gasteiger partial charge in [-0.2, -0.15) is 5.10 Å². The first kappa shape index (κ1) is 20.0. The second kappa shape index (κ2) is 9.02. The molecule has 1 atom stereocenters. The number of aromatic nitrogens is 4. The van der Waals surface area contributed by atoms with Crippen molar-refractivity contribution in [3.63, 3.8) is 0 Å². The second-order valence-corrected chi connectivity index (χ2v) is 7.02. The van der Waals surface area contributed by atoms with Gasteiger partial charge in [0.1, 0.15) is 5.75 Å². The Morgan fingerprint density at radius 2 is 1.97 bits per heavy atom. The normalized spacial score (nSPS) is 16.0. The van der Waals surface area contributed by atoms with E-state index in [1.165, 1.54) is 0 Å². The number of methoxy groups -OCH3 is 2. The van der Waals surface area contributed by atoms with Crippen molar-refractivity contribution in [1.82, 2.24) is 20.4 Å². The SMILES string of the molecule is COCOc1cc(-c2cnnc(OC)c2)ccc1-c1ccc(N2CCC(N)C2)nn1. The van der Waals surface area contributed by atoms with Gasteiger partial charge in [0, 0.05) is 43.4 Å². The highest BCUT2D eigenvalue weighted by Crippen LogP contribution is 2.34. The molecule has 0 spiro atoms. The van der Waals surface area contributed by atoms with Crippen molar-refractivity contribution < 1.29 is 14.2 Å². The third-order valence-electron chi connectivity index (χ3n) is 4.96. The molecule has 9 heteroatoms. The highest BCUT2D eigenvalue weighted by Gasteiger charge is 2.21. The summed E-state index contributed by atoms with van der Waals surface area (Å²) in [5, 5.41) is 16.7. The third kappa shape index (κ3) is 4.32. The molecule has 0 bridgehead atoms. The Morgan fingerprint density at radius 3 is 2.67 bits per heavy atom. The lowest BCUT2D eigenvalue weighted by molar-refractivity contribution is 0.0515. The molecule has 0 amide bonds. The quantitative estimate of drug-likeness (QED) is 0.588. The van der Waals surface area contributed by atoms with Gasteiger partial charge in [0.05, 0.1) is 19.0 Å². The molecule has 1 aliphatic rings. The van der Waals surface area contributed by atoms with Crippen LogP contribution in [0.4, 0.5) is 5.82 Å². The predicted octanol–water partition coefficient (Wildman–Crippen LogP) is 2.13. The largest absolute Gasteiger partial charge is 0.480 e. The first-order valence-electron chi connectivity index (χ1n) is 9.65. The highest BCUT2D eigenvalue weighted by molar-refractivity contribution is 5.74. The molecule has 1 aromatic carbocycles. The fourth-order valence-corrected chi connectivity index (χ4v) is 3.39. The minimum Gasteiger partial charge on any atom is -0.480 e. The summed E-state index contributed by atoms with van der Waals surface area (Å²) >= 11 is 0. The minimum absolute atomic E-state index is 0.117. The number of benzene rings is 1. The maximum Gasteiger partial charge on any atom is 0.233 e. The van der Waals surface area contributed by atoms with Crippen molar-refractivity contribution in [1.29, 1.82) is 0 Å². The number of anilines is 1.